The largest absolute Gasteiger partial charge is 0.506 e. The number of fused-ring (bicyclic) bond motifs is 2. The molecule has 6 N–H and O–H groups in total. The highest BCUT2D eigenvalue weighted by Gasteiger charge is 2.83. The first-order chi connectivity index (χ1) is 20.7. The van der Waals surface area contributed by atoms with Gasteiger partial charge in [-0.25, -0.2) is 9.59 Å². The molecule has 0 amide bonds. The lowest BCUT2D eigenvalue weighted by atomic mass is 9.62. The van der Waals surface area contributed by atoms with Crippen molar-refractivity contribution in [3.05, 3.63) is 35.4 Å². The maximum Gasteiger partial charge on any atom is 0.357 e. The monoisotopic (exact) mass is 610 g/mol. The second-order valence-electron chi connectivity index (χ2n) is 12.6. The predicted octanol–water partition coefficient (Wildman–Crippen LogP) is -0.493. The molecule has 4 bridgehead atoms. The zero-order valence-electron chi connectivity index (χ0n) is 23.1. The summed E-state index contributed by atoms with van der Waals surface area (Å²) in [5.74, 6) is -7.95. The van der Waals surface area contributed by atoms with E-state index in [9.17, 15) is 49.8 Å². The molecule has 8 rings (SSSR count). The van der Waals surface area contributed by atoms with Gasteiger partial charge in [0.15, 0.2) is 0 Å². The number of phenolic OH excluding ortho intramolecular Hbond substituents is 2. The van der Waals surface area contributed by atoms with E-state index in [1.807, 2.05) is 0 Å². The summed E-state index contributed by atoms with van der Waals surface area (Å²) in [6.07, 6.45) is -6.09. The van der Waals surface area contributed by atoms with Crippen molar-refractivity contribution < 1.29 is 68.8 Å². The Hall–Kier alpha value is -4.24. The van der Waals surface area contributed by atoms with Crippen LogP contribution in [0.4, 0.5) is 0 Å². The van der Waals surface area contributed by atoms with Crippen LogP contribution in [0.3, 0.4) is 0 Å². The number of Topliss-reactive ketones (excluding diaryl/α,β-unsaturated/α-hetero) is 2. The van der Waals surface area contributed by atoms with E-state index in [2.05, 4.69) is 0 Å². The summed E-state index contributed by atoms with van der Waals surface area (Å²) in [6.45, 7) is 3.21. The molecule has 6 aliphatic rings. The number of benzene rings is 2. The molecule has 230 valence electrons. The van der Waals surface area contributed by atoms with Crippen LogP contribution >= 0.6 is 0 Å². The van der Waals surface area contributed by atoms with Gasteiger partial charge in [-0.1, -0.05) is 13.8 Å². The first-order valence-electron chi connectivity index (χ1n) is 14.1. The van der Waals surface area contributed by atoms with Crippen LogP contribution in [0.25, 0.3) is 11.1 Å². The van der Waals surface area contributed by atoms with Crippen molar-refractivity contribution in [2.75, 3.05) is 0 Å². The van der Waals surface area contributed by atoms with Gasteiger partial charge in [-0.2, -0.15) is 0 Å². The van der Waals surface area contributed by atoms with Crippen molar-refractivity contribution in [1.82, 2.24) is 0 Å². The SMILES string of the molecule is CC1C[C@H]2OC(=O)[C@@]3(Oc4ccc(-c5ccc6c(c5O)C(=O)[C@]5(O)C7C[C@@H](C)C(O)C5(O6)C(=O)O7)c(O)c4C(=O)C23O)C1O. The minimum Gasteiger partial charge on any atom is -0.506 e. The second kappa shape index (κ2) is 7.88. The predicted molar refractivity (Wildman–Crippen MR) is 140 cm³/mol. The molecule has 2 aromatic carbocycles. The van der Waals surface area contributed by atoms with E-state index >= 15 is 0 Å². The zero-order chi connectivity index (χ0) is 31.5. The third-order valence-electron chi connectivity index (χ3n) is 10.5. The van der Waals surface area contributed by atoms with Gasteiger partial charge in [0.05, 0.1) is 0 Å². The number of hydrogen-bond donors (Lipinski definition) is 6. The molecule has 0 aromatic heterocycles. The van der Waals surface area contributed by atoms with Gasteiger partial charge in [0, 0.05) is 11.1 Å². The van der Waals surface area contributed by atoms with Crippen LogP contribution in [-0.4, -0.2) is 101 Å². The van der Waals surface area contributed by atoms with E-state index in [0.717, 1.165) is 0 Å². The molecule has 10 atom stereocenters. The number of aromatic hydroxyl groups is 2. The minimum absolute atomic E-state index is 0.0607. The van der Waals surface area contributed by atoms with Crippen molar-refractivity contribution in [3.8, 4) is 34.1 Å². The van der Waals surface area contributed by atoms with Gasteiger partial charge in [0.1, 0.15) is 58.5 Å². The molecule has 14 nitrogen and oxygen atoms in total. The first-order valence-corrected chi connectivity index (χ1v) is 14.1. The van der Waals surface area contributed by atoms with E-state index in [1.165, 1.54) is 24.3 Å². The average Bonchev–Trinajstić information content (AvgIpc) is 3.24. The molecule has 4 aliphatic heterocycles. The summed E-state index contributed by atoms with van der Waals surface area (Å²) < 4.78 is 22.2. The highest BCUT2D eigenvalue weighted by molar-refractivity contribution is 6.17. The van der Waals surface area contributed by atoms with Crippen molar-refractivity contribution in [2.45, 2.75) is 73.5 Å². The molecule has 2 aromatic rings. The molecule has 2 aliphatic carbocycles. The van der Waals surface area contributed by atoms with Gasteiger partial charge in [0.2, 0.25) is 22.8 Å². The first kappa shape index (κ1) is 27.3. The molecule has 44 heavy (non-hydrogen) atoms. The van der Waals surface area contributed by atoms with Gasteiger partial charge in [-0.05, 0) is 48.9 Å². The Bertz CT molecular complexity index is 1640. The van der Waals surface area contributed by atoms with E-state index in [1.54, 1.807) is 13.8 Å². The quantitative estimate of drug-likeness (QED) is 0.224. The molecule has 6 unspecified atom stereocenters. The summed E-state index contributed by atoms with van der Waals surface area (Å²) in [6, 6.07) is 4.81. The molecule has 4 heterocycles. The number of carbonyl (C=O) groups is 4. The van der Waals surface area contributed by atoms with Gasteiger partial charge in [-0.3, -0.25) is 9.59 Å². The Labute approximate surface area is 247 Å². The molecule has 0 radical (unpaired) electrons. The molecular formula is C30H26O14. The normalized spacial score (nSPS) is 42.7. The lowest BCUT2D eigenvalue weighted by molar-refractivity contribution is -0.192. The number of esters is 2. The number of aliphatic hydroxyl groups is 4. The zero-order valence-corrected chi connectivity index (χ0v) is 23.1. The summed E-state index contributed by atoms with van der Waals surface area (Å²) in [5.41, 5.74) is -11.8. The van der Waals surface area contributed by atoms with E-state index in [0.29, 0.717) is 0 Å². The van der Waals surface area contributed by atoms with Crippen molar-refractivity contribution in [2.24, 2.45) is 11.8 Å². The summed E-state index contributed by atoms with van der Waals surface area (Å²) in [7, 11) is 0. The van der Waals surface area contributed by atoms with Crippen molar-refractivity contribution in [1.29, 1.82) is 0 Å². The van der Waals surface area contributed by atoms with Gasteiger partial charge in [-0.15, -0.1) is 0 Å². The lowest BCUT2D eigenvalue weighted by Crippen LogP contribution is -2.76. The molecule has 2 saturated carbocycles. The molecular weight excluding hydrogens is 584 g/mol. The maximum absolute atomic E-state index is 13.9. The topological polar surface area (TPSA) is 227 Å². The van der Waals surface area contributed by atoms with Crippen LogP contribution in [0, 0.1) is 11.8 Å². The van der Waals surface area contributed by atoms with Gasteiger partial charge >= 0.3 is 11.9 Å². The van der Waals surface area contributed by atoms with Crippen molar-refractivity contribution >= 4 is 23.5 Å². The number of ketones is 2. The minimum atomic E-state index is -2.68. The average molecular weight is 611 g/mol. The fourth-order valence-corrected chi connectivity index (χ4v) is 8.16. The molecule has 0 spiro atoms. The summed E-state index contributed by atoms with van der Waals surface area (Å²) >= 11 is 0. The van der Waals surface area contributed by atoms with Crippen LogP contribution in [-0.2, 0) is 19.1 Å². The summed E-state index contributed by atoms with van der Waals surface area (Å²) in [5, 5.41) is 68.0. The third-order valence-corrected chi connectivity index (χ3v) is 10.5. The van der Waals surface area contributed by atoms with E-state index in [-0.39, 0.29) is 35.5 Å². The van der Waals surface area contributed by atoms with Crippen LogP contribution in [0.2, 0.25) is 0 Å². The molecule has 14 heteroatoms. The number of hydrogen-bond acceptors (Lipinski definition) is 14. The lowest BCUT2D eigenvalue weighted by Gasteiger charge is -2.50. The Kier molecular flexibility index (Phi) is 4.89. The fraction of sp³-hybridized carbons (Fsp3) is 0.467. The molecule has 2 saturated heterocycles. The highest BCUT2D eigenvalue weighted by Crippen LogP contribution is 2.60. The highest BCUT2D eigenvalue weighted by atomic mass is 16.6. The van der Waals surface area contributed by atoms with E-state index in [4.69, 9.17) is 18.9 Å². The van der Waals surface area contributed by atoms with Crippen LogP contribution < -0.4 is 9.47 Å². The summed E-state index contributed by atoms with van der Waals surface area (Å²) in [4.78, 5) is 53.6. The Balaban J connectivity index is 1.27. The number of carbonyl (C=O) groups excluding carboxylic acids is 4. The Morgan fingerprint density at radius 1 is 0.659 bits per heavy atom. The second-order valence-corrected chi connectivity index (χ2v) is 12.6. The van der Waals surface area contributed by atoms with Gasteiger partial charge in [0.25, 0.3) is 11.2 Å². The number of rotatable bonds is 1. The van der Waals surface area contributed by atoms with Crippen LogP contribution in [0.15, 0.2) is 24.3 Å². The Morgan fingerprint density at radius 2 is 1.02 bits per heavy atom. The smallest absolute Gasteiger partial charge is 0.357 e. The fourth-order valence-electron chi connectivity index (χ4n) is 8.16. The van der Waals surface area contributed by atoms with E-state index < -0.39 is 105 Å². The number of phenols is 2. The number of aliphatic hydroxyl groups excluding tert-OH is 2. The van der Waals surface area contributed by atoms with Crippen LogP contribution in [0.1, 0.15) is 47.4 Å². The van der Waals surface area contributed by atoms with Crippen LogP contribution in [0.5, 0.6) is 23.0 Å². The van der Waals surface area contributed by atoms with Gasteiger partial charge < -0.3 is 49.6 Å². The Morgan fingerprint density at radius 3 is 1.39 bits per heavy atom. The standard InChI is InChI=1S/C30H26O14/c1-9-7-15-27(39)23(35)17-13(43-29(27,21(9)33)25(37)41-15)5-3-11(19(17)31)12-4-6-14-18(20(12)32)24(36)28(40)16-8-10(2)22(34)30(28,44-14)26(38)42-16/h3-6,9-10,15-16,21-22,31-34,39-40H,7-8H2,1-2H3/t9-,10?,15?,16-,21?,22?,27-,28?,29?,30+/m1/s1. The third kappa shape index (κ3) is 2.54. The number of ether oxygens (including phenoxy) is 4. The maximum atomic E-state index is 13.9. The van der Waals surface area contributed by atoms with Crippen molar-refractivity contribution in [3.63, 3.8) is 0 Å². The molecule has 4 fully saturated rings.